The van der Waals surface area contributed by atoms with Gasteiger partial charge in [0, 0.05) is 67.6 Å². The molecule has 0 rings (SSSR count). The van der Waals surface area contributed by atoms with Gasteiger partial charge in [-0.2, -0.15) is 0 Å². The summed E-state index contributed by atoms with van der Waals surface area (Å²) in [6.45, 7) is 2.04. The first kappa shape index (κ1) is 21.2. The number of nitrogens with two attached hydrogens (primary N) is 1. The van der Waals surface area contributed by atoms with Crippen LogP contribution in [0.5, 0.6) is 0 Å². The van der Waals surface area contributed by atoms with E-state index in [9.17, 15) is 0 Å². The van der Waals surface area contributed by atoms with Crippen LogP contribution in [0.4, 0.5) is 0 Å². The number of hydrogen-bond donors (Lipinski definition) is 1. The maximum Gasteiger partial charge on any atom is 0.500 e. The molecule has 0 aliphatic rings. The normalized spacial score (nSPS) is 12.9. The van der Waals surface area contributed by atoms with Crippen molar-refractivity contribution in [3.63, 3.8) is 0 Å². The van der Waals surface area contributed by atoms with Crippen molar-refractivity contribution in [1.82, 2.24) is 0 Å². The zero-order chi connectivity index (χ0) is 16.2. The fourth-order valence-corrected chi connectivity index (χ4v) is 5.68. The molecule has 9 heteroatoms. The van der Waals surface area contributed by atoms with Gasteiger partial charge in [0.1, 0.15) is 0 Å². The largest absolute Gasteiger partial charge is 0.500 e. The molecule has 0 aliphatic heterocycles. The van der Waals surface area contributed by atoms with E-state index in [0.717, 1.165) is 38.0 Å². The van der Waals surface area contributed by atoms with Gasteiger partial charge in [-0.3, -0.25) is 0 Å². The van der Waals surface area contributed by atoms with Gasteiger partial charge in [0.2, 0.25) is 0 Å². The van der Waals surface area contributed by atoms with E-state index in [1.807, 2.05) is 0 Å². The lowest BCUT2D eigenvalue weighted by molar-refractivity contribution is -0.654. The van der Waals surface area contributed by atoms with Crippen molar-refractivity contribution < 1.29 is 31.9 Å². The first-order valence-electron chi connectivity index (χ1n) is 7.20. The number of rotatable bonds is 14. The molecule has 2 N–H and O–H groups in total. The smallest absolute Gasteiger partial charge is 0.377 e. The molecule has 0 radical (unpaired) electrons. The highest BCUT2D eigenvalue weighted by molar-refractivity contribution is 6.60. The zero-order valence-corrected chi connectivity index (χ0v) is 16.3. The van der Waals surface area contributed by atoms with Gasteiger partial charge in [-0.05, 0) is 0 Å². The molecule has 0 bridgehead atoms. The third-order valence-corrected chi connectivity index (χ3v) is 9.31. The Morgan fingerprint density at radius 2 is 0.857 bits per heavy atom. The predicted molar refractivity (Wildman–Crippen MR) is 84.1 cm³/mol. The molecule has 0 saturated heterocycles. The van der Waals surface area contributed by atoms with Gasteiger partial charge in [-0.25, -0.2) is 0 Å². The summed E-state index contributed by atoms with van der Waals surface area (Å²) in [5.41, 5.74) is 0. The second-order valence-corrected chi connectivity index (χ2v) is 10.8. The molecular formula is C12H32NO6Si2+. The summed E-state index contributed by atoms with van der Waals surface area (Å²) in [6.07, 6.45) is 2.01. The SMILES string of the molecule is CO[Si](CCC[NH2+]CCC[Si](OC)(OC)OC)(OC)OC. The van der Waals surface area contributed by atoms with Gasteiger partial charge in [0.25, 0.3) is 0 Å². The van der Waals surface area contributed by atoms with E-state index in [0.29, 0.717) is 0 Å². The van der Waals surface area contributed by atoms with E-state index in [-0.39, 0.29) is 0 Å². The Morgan fingerprint density at radius 3 is 1.10 bits per heavy atom. The minimum absolute atomic E-state index is 0.833. The zero-order valence-electron chi connectivity index (χ0n) is 14.3. The van der Waals surface area contributed by atoms with E-state index in [4.69, 9.17) is 26.6 Å². The molecule has 0 atom stereocenters. The molecule has 0 amide bonds. The van der Waals surface area contributed by atoms with E-state index in [2.05, 4.69) is 5.32 Å². The van der Waals surface area contributed by atoms with Gasteiger partial charge in [0.15, 0.2) is 0 Å². The molecule has 0 saturated carbocycles. The molecule has 21 heavy (non-hydrogen) atoms. The van der Waals surface area contributed by atoms with Crippen LogP contribution in [0.25, 0.3) is 0 Å². The molecular weight excluding hydrogens is 310 g/mol. The van der Waals surface area contributed by atoms with Crippen LogP contribution in [0.2, 0.25) is 12.1 Å². The maximum absolute atomic E-state index is 5.39. The molecule has 0 spiro atoms. The summed E-state index contributed by atoms with van der Waals surface area (Å²) >= 11 is 0. The molecule has 0 fully saturated rings. The molecule has 0 unspecified atom stereocenters. The standard InChI is InChI=1S/C12H31NO6Si2/c1-14-20(15-2,16-3)11-7-9-13-10-8-12-21(17-4,18-5)19-6/h13H,7-12H2,1-6H3/p+1. The lowest BCUT2D eigenvalue weighted by Gasteiger charge is -2.24. The Balaban J connectivity index is 3.78. The monoisotopic (exact) mass is 342 g/mol. The molecule has 0 aromatic rings. The Labute approximate surface area is 130 Å². The van der Waals surface area contributed by atoms with E-state index in [1.54, 1.807) is 42.7 Å². The summed E-state index contributed by atoms with van der Waals surface area (Å²) in [6, 6.07) is 1.67. The second kappa shape index (κ2) is 11.7. The molecule has 0 aromatic carbocycles. The molecule has 7 nitrogen and oxygen atoms in total. The van der Waals surface area contributed by atoms with E-state index >= 15 is 0 Å². The topological polar surface area (TPSA) is 72.0 Å². The molecule has 128 valence electrons. The third kappa shape index (κ3) is 7.30. The predicted octanol–water partition coefficient (Wildman–Crippen LogP) is 0.0862. The van der Waals surface area contributed by atoms with Crippen LogP contribution in [0.15, 0.2) is 0 Å². The lowest BCUT2D eigenvalue weighted by Crippen LogP contribution is -2.84. The Bertz CT molecular complexity index is 211. The summed E-state index contributed by atoms with van der Waals surface area (Å²) in [7, 11) is 5.06. The van der Waals surface area contributed by atoms with Gasteiger partial charge < -0.3 is 31.9 Å². The van der Waals surface area contributed by atoms with Gasteiger partial charge in [-0.15, -0.1) is 0 Å². The summed E-state index contributed by atoms with van der Waals surface area (Å²) < 4.78 is 32.3. The summed E-state index contributed by atoms with van der Waals surface area (Å²) in [5, 5.41) is 2.28. The molecule has 0 heterocycles. The van der Waals surface area contributed by atoms with Crippen LogP contribution in [-0.4, -0.2) is 73.4 Å². The average Bonchev–Trinajstić information content (AvgIpc) is 2.55. The fourth-order valence-electron chi connectivity index (χ4n) is 2.18. The maximum atomic E-state index is 5.39. The Kier molecular flexibility index (Phi) is 11.8. The van der Waals surface area contributed by atoms with Crippen molar-refractivity contribution in [2.45, 2.75) is 24.9 Å². The quantitative estimate of drug-likeness (QED) is 0.356. The third-order valence-electron chi connectivity index (χ3n) is 3.65. The lowest BCUT2D eigenvalue weighted by atomic mass is 10.4. The first-order valence-corrected chi connectivity index (χ1v) is 11.1. The molecule has 0 aliphatic carbocycles. The highest BCUT2D eigenvalue weighted by Gasteiger charge is 2.38. The Morgan fingerprint density at radius 1 is 0.571 bits per heavy atom. The van der Waals surface area contributed by atoms with E-state index in [1.165, 1.54) is 0 Å². The van der Waals surface area contributed by atoms with Crippen molar-refractivity contribution >= 4 is 17.6 Å². The van der Waals surface area contributed by atoms with E-state index < -0.39 is 17.6 Å². The fraction of sp³-hybridized carbons (Fsp3) is 1.00. The Hall–Kier alpha value is 0.154. The van der Waals surface area contributed by atoms with Gasteiger partial charge in [0.05, 0.1) is 13.1 Å². The second-order valence-electron chi connectivity index (χ2n) is 4.66. The summed E-state index contributed by atoms with van der Waals surface area (Å²) in [5.74, 6) is 0. The van der Waals surface area contributed by atoms with Crippen molar-refractivity contribution in [1.29, 1.82) is 0 Å². The molecule has 0 aromatic heterocycles. The van der Waals surface area contributed by atoms with Crippen LogP contribution in [0.3, 0.4) is 0 Å². The van der Waals surface area contributed by atoms with Crippen LogP contribution in [0.1, 0.15) is 12.8 Å². The van der Waals surface area contributed by atoms with Crippen molar-refractivity contribution in [2.24, 2.45) is 0 Å². The highest BCUT2D eigenvalue weighted by Crippen LogP contribution is 2.14. The highest BCUT2D eigenvalue weighted by atomic mass is 28.4. The van der Waals surface area contributed by atoms with Crippen LogP contribution < -0.4 is 5.32 Å². The van der Waals surface area contributed by atoms with Gasteiger partial charge >= 0.3 is 17.6 Å². The van der Waals surface area contributed by atoms with Crippen molar-refractivity contribution in [3.8, 4) is 0 Å². The number of quaternary nitrogens is 1. The van der Waals surface area contributed by atoms with Crippen LogP contribution in [0, 0.1) is 0 Å². The van der Waals surface area contributed by atoms with Crippen LogP contribution in [-0.2, 0) is 26.6 Å². The van der Waals surface area contributed by atoms with Crippen LogP contribution >= 0.6 is 0 Å². The van der Waals surface area contributed by atoms with Crippen molar-refractivity contribution in [3.05, 3.63) is 0 Å². The minimum Gasteiger partial charge on any atom is -0.377 e. The summed E-state index contributed by atoms with van der Waals surface area (Å²) in [4.78, 5) is 0. The first-order chi connectivity index (χ1) is 10.1. The van der Waals surface area contributed by atoms with Gasteiger partial charge in [-0.1, -0.05) is 0 Å². The minimum atomic E-state index is -2.41. The van der Waals surface area contributed by atoms with Crippen molar-refractivity contribution in [2.75, 3.05) is 55.7 Å². The number of hydrogen-bond acceptors (Lipinski definition) is 6. The average molecular weight is 343 g/mol.